The number of likely N-dealkylation sites (tertiary alicyclic amines) is 1. The Morgan fingerprint density at radius 1 is 1.48 bits per heavy atom. The fourth-order valence-electron chi connectivity index (χ4n) is 2.51. The molecule has 1 aliphatic rings. The SMILES string of the molecule is CC(C)(C)OC(=O)N1CCCC[C@@H]1c1cc(N)cnc1F. The van der Waals surface area contributed by atoms with Gasteiger partial charge in [0.05, 0.1) is 17.9 Å². The molecule has 0 aliphatic carbocycles. The lowest BCUT2D eigenvalue weighted by Crippen LogP contribution is -2.42. The third-order valence-electron chi connectivity index (χ3n) is 3.38. The molecule has 2 rings (SSSR count). The van der Waals surface area contributed by atoms with E-state index >= 15 is 0 Å². The van der Waals surface area contributed by atoms with Crippen LogP contribution in [-0.2, 0) is 4.74 Å². The highest BCUT2D eigenvalue weighted by Crippen LogP contribution is 2.33. The molecular weight excluding hydrogens is 273 g/mol. The summed E-state index contributed by atoms with van der Waals surface area (Å²) in [7, 11) is 0. The van der Waals surface area contributed by atoms with Gasteiger partial charge in [0.1, 0.15) is 5.60 Å². The summed E-state index contributed by atoms with van der Waals surface area (Å²) in [6, 6.07) is 1.18. The maximum atomic E-state index is 14.0. The number of ether oxygens (including phenoxy) is 1. The molecule has 1 aliphatic heterocycles. The zero-order valence-electron chi connectivity index (χ0n) is 12.7. The van der Waals surface area contributed by atoms with Crippen molar-refractivity contribution in [3.05, 3.63) is 23.8 Å². The number of nitrogens with zero attached hydrogens (tertiary/aromatic N) is 2. The first-order valence-corrected chi connectivity index (χ1v) is 7.18. The van der Waals surface area contributed by atoms with Crippen molar-refractivity contribution in [1.82, 2.24) is 9.88 Å². The molecule has 1 aromatic heterocycles. The summed E-state index contributed by atoms with van der Waals surface area (Å²) in [5, 5.41) is 0. The molecule has 1 atom stereocenters. The number of amides is 1. The van der Waals surface area contributed by atoms with Crippen molar-refractivity contribution in [3.63, 3.8) is 0 Å². The largest absolute Gasteiger partial charge is 0.444 e. The molecular formula is C15H22FN3O2. The van der Waals surface area contributed by atoms with Gasteiger partial charge in [-0.3, -0.25) is 0 Å². The fraction of sp³-hybridized carbons (Fsp3) is 0.600. The maximum Gasteiger partial charge on any atom is 0.410 e. The third kappa shape index (κ3) is 3.83. The van der Waals surface area contributed by atoms with Gasteiger partial charge in [-0.15, -0.1) is 0 Å². The van der Waals surface area contributed by atoms with E-state index in [2.05, 4.69) is 4.98 Å². The van der Waals surface area contributed by atoms with Gasteiger partial charge in [0.25, 0.3) is 0 Å². The van der Waals surface area contributed by atoms with E-state index in [0.717, 1.165) is 12.8 Å². The number of pyridine rings is 1. The Kier molecular flexibility index (Phi) is 4.34. The lowest BCUT2D eigenvalue weighted by atomic mass is 9.96. The Bertz CT molecular complexity index is 528. The highest BCUT2D eigenvalue weighted by atomic mass is 19.1. The van der Waals surface area contributed by atoms with Crippen molar-refractivity contribution < 1.29 is 13.9 Å². The Hall–Kier alpha value is -1.85. The molecule has 1 saturated heterocycles. The van der Waals surface area contributed by atoms with Crippen molar-refractivity contribution in [3.8, 4) is 0 Å². The van der Waals surface area contributed by atoms with Crippen molar-refractivity contribution in [1.29, 1.82) is 0 Å². The molecule has 0 aromatic carbocycles. The predicted octanol–water partition coefficient (Wildman–Crippen LogP) is 3.27. The van der Waals surface area contributed by atoms with Crippen LogP contribution in [0, 0.1) is 5.95 Å². The van der Waals surface area contributed by atoms with Gasteiger partial charge in [0, 0.05) is 12.1 Å². The van der Waals surface area contributed by atoms with Gasteiger partial charge in [-0.2, -0.15) is 4.39 Å². The molecule has 0 bridgehead atoms. The lowest BCUT2D eigenvalue weighted by molar-refractivity contribution is 0.00907. The summed E-state index contributed by atoms with van der Waals surface area (Å²) < 4.78 is 19.4. The Labute approximate surface area is 124 Å². The van der Waals surface area contributed by atoms with Crippen LogP contribution >= 0.6 is 0 Å². The molecule has 0 unspecified atom stereocenters. The molecule has 1 aromatic rings. The number of hydrogen-bond acceptors (Lipinski definition) is 4. The second-order valence-corrected chi connectivity index (χ2v) is 6.33. The number of nitrogen functional groups attached to an aromatic ring is 1. The number of rotatable bonds is 1. The van der Waals surface area contributed by atoms with Crippen molar-refractivity contribution in [2.45, 2.75) is 51.7 Å². The van der Waals surface area contributed by atoms with E-state index in [1.54, 1.807) is 11.0 Å². The Morgan fingerprint density at radius 2 is 2.19 bits per heavy atom. The quantitative estimate of drug-likeness (QED) is 0.807. The van der Waals surface area contributed by atoms with Gasteiger partial charge in [-0.1, -0.05) is 0 Å². The van der Waals surface area contributed by atoms with Gasteiger partial charge in [0.2, 0.25) is 5.95 Å². The summed E-state index contributed by atoms with van der Waals surface area (Å²) in [5.41, 5.74) is 5.87. The molecule has 6 heteroatoms. The standard InChI is InChI=1S/C15H22FN3O2/c1-15(2,3)21-14(20)19-7-5-4-6-12(19)11-8-10(17)9-18-13(11)16/h8-9,12H,4-7,17H2,1-3H3/t12-/m1/s1. The molecule has 2 N–H and O–H groups in total. The van der Waals surface area contributed by atoms with Crippen LogP contribution in [0.4, 0.5) is 14.9 Å². The van der Waals surface area contributed by atoms with Crippen LogP contribution in [0.15, 0.2) is 12.3 Å². The summed E-state index contributed by atoms with van der Waals surface area (Å²) in [5.74, 6) is -0.579. The summed E-state index contributed by atoms with van der Waals surface area (Å²) in [6.45, 7) is 5.99. The van der Waals surface area contributed by atoms with Crippen LogP contribution in [0.3, 0.4) is 0 Å². The van der Waals surface area contributed by atoms with Crippen molar-refractivity contribution >= 4 is 11.8 Å². The average molecular weight is 295 g/mol. The zero-order chi connectivity index (χ0) is 15.6. The molecule has 116 valence electrons. The molecule has 0 radical (unpaired) electrons. The second kappa shape index (κ2) is 5.87. The van der Waals surface area contributed by atoms with Crippen LogP contribution < -0.4 is 5.73 Å². The fourth-order valence-corrected chi connectivity index (χ4v) is 2.51. The average Bonchev–Trinajstić information content (AvgIpc) is 2.39. The molecule has 1 amide bonds. The smallest absolute Gasteiger partial charge is 0.410 e. The van der Waals surface area contributed by atoms with E-state index in [4.69, 9.17) is 10.5 Å². The van der Waals surface area contributed by atoms with Crippen LogP contribution in [0.2, 0.25) is 0 Å². The third-order valence-corrected chi connectivity index (χ3v) is 3.38. The number of carbonyl (C=O) groups excluding carboxylic acids is 1. The minimum absolute atomic E-state index is 0.362. The van der Waals surface area contributed by atoms with Gasteiger partial charge < -0.3 is 15.4 Å². The van der Waals surface area contributed by atoms with Crippen molar-refractivity contribution in [2.75, 3.05) is 12.3 Å². The number of halogens is 1. The first-order chi connectivity index (χ1) is 9.78. The Balaban J connectivity index is 2.27. The number of carbonyl (C=O) groups is 1. The van der Waals surface area contributed by atoms with Crippen molar-refractivity contribution in [2.24, 2.45) is 0 Å². The summed E-state index contributed by atoms with van der Waals surface area (Å²) in [4.78, 5) is 17.6. The molecule has 0 saturated carbocycles. The second-order valence-electron chi connectivity index (χ2n) is 6.33. The number of anilines is 1. The van der Waals surface area contributed by atoms with E-state index in [1.807, 2.05) is 20.8 Å². The molecule has 1 fully saturated rings. The maximum absolute atomic E-state index is 14.0. The summed E-state index contributed by atoms with van der Waals surface area (Å²) in [6.07, 6.45) is 3.35. The minimum atomic E-state index is -0.579. The predicted molar refractivity (Wildman–Crippen MR) is 78.1 cm³/mol. The van der Waals surface area contributed by atoms with E-state index in [0.29, 0.717) is 24.2 Å². The van der Waals surface area contributed by atoms with Gasteiger partial charge in [-0.25, -0.2) is 9.78 Å². The minimum Gasteiger partial charge on any atom is -0.444 e. The van der Waals surface area contributed by atoms with Crippen LogP contribution in [0.5, 0.6) is 0 Å². The zero-order valence-corrected chi connectivity index (χ0v) is 12.7. The van der Waals surface area contributed by atoms with Crippen LogP contribution in [0.25, 0.3) is 0 Å². The number of hydrogen-bond donors (Lipinski definition) is 1. The molecule has 21 heavy (non-hydrogen) atoms. The number of piperidine rings is 1. The highest BCUT2D eigenvalue weighted by Gasteiger charge is 2.33. The van der Waals surface area contributed by atoms with E-state index < -0.39 is 17.6 Å². The van der Waals surface area contributed by atoms with Crippen LogP contribution in [0.1, 0.15) is 51.6 Å². The molecule has 5 nitrogen and oxygen atoms in total. The highest BCUT2D eigenvalue weighted by molar-refractivity contribution is 5.69. The van der Waals surface area contributed by atoms with E-state index in [1.165, 1.54) is 6.20 Å². The van der Waals surface area contributed by atoms with Crippen LogP contribution in [-0.4, -0.2) is 28.1 Å². The van der Waals surface area contributed by atoms with Gasteiger partial charge >= 0.3 is 6.09 Å². The monoisotopic (exact) mass is 295 g/mol. The molecule has 0 spiro atoms. The first-order valence-electron chi connectivity index (χ1n) is 7.18. The lowest BCUT2D eigenvalue weighted by Gasteiger charge is -2.37. The first kappa shape index (κ1) is 15.5. The van der Waals surface area contributed by atoms with Gasteiger partial charge in [-0.05, 0) is 46.1 Å². The normalized spacial score (nSPS) is 19.4. The number of nitrogens with two attached hydrogens (primary N) is 1. The number of aromatic nitrogens is 1. The Morgan fingerprint density at radius 3 is 2.86 bits per heavy atom. The van der Waals surface area contributed by atoms with Gasteiger partial charge in [0.15, 0.2) is 0 Å². The summed E-state index contributed by atoms with van der Waals surface area (Å²) >= 11 is 0. The van der Waals surface area contributed by atoms with E-state index in [9.17, 15) is 9.18 Å². The molecule has 2 heterocycles. The van der Waals surface area contributed by atoms with E-state index in [-0.39, 0.29) is 6.04 Å². The topological polar surface area (TPSA) is 68.5 Å².